The summed E-state index contributed by atoms with van der Waals surface area (Å²) in [5.74, 6) is 0. The molecule has 4 aromatic rings. The van der Waals surface area contributed by atoms with E-state index in [9.17, 15) is 0 Å². The summed E-state index contributed by atoms with van der Waals surface area (Å²) in [6.07, 6.45) is 0. The maximum absolute atomic E-state index is 6.29. The average Bonchev–Trinajstić information content (AvgIpc) is 3.08. The van der Waals surface area contributed by atoms with E-state index in [1.54, 1.807) is 0 Å². The Balaban J connectivity index is 1.52. The Morgan fingerprint density at radius 2 is 1.00 bits per heavy atom. The fraction of sp³-hybridized carbons (Fsp3) is 0.200. The van der Waals surface area contributed by atoms with Crippen LogP contribution in [0.25, 0.3) is 11.1 Å². The van der Waals surface area contributed by atoms with Gasteiger partial charge >= 0.3 is 7.12 Å². The number of hydrogen-bond acceptors (Lipinski definition) is 3. The van der Waals surface area contributed by atoms with Gasteiger partial charge in [0.15, 0.2) is 0 Å². The number of hydrogen-bond donors (Lipinski definition) is 0. The van der Waals surface area contributed by atoms with Crippen LogP contribution in [0.4, 0.5) is 17.1 Å². The lowest BCUT2D eigenvalue weighted by atomic mass is 9.78. The molecular formula is C30H30BNO2. The normalized spacial score (nSPS) is 16.4. The van der Waals surface area contributed by atoms with Crippen LogP contribution in [0.2, 0.25) is 0 Å². The fourth-order valence-corrected chi connectivity index (χ4v) is 4.27. The number of para-hydroxylation sites is 2. The highest BCUT2D eigenvalue weighted by molar-refractivity contribution is 6.62. The fourth-order valence-electron chi connectivity index (χ4n) is 4.27. The van der Waals surface area contributed by atoms with Crippen molar-refractivity contribution in [3.8, 4) is 11.1 Å². The summed E-state index contributed by atoms with van der Waals surface area (Å²) in [6.45, 7) is 8.34. The van der Waals surface area contributed by atoms with Gasteiger partial charge in [0.2, 0.25) is 0 Å². The minimum atomic E-state index is -0.377. The van der Waals surface area contributed by atoms with Gasteiger partial charge in [-0.15, -0.1) is 0 Å². The summed E-state index contributed by atoms with van der Waals surface area (Å²) < 4.78 is 12.6. The first-order valence-corrected chi connectivity index (χ1v) is 11.8. The third kappa shape index (κ3) is 4.27. The van der Waals surface area contributed by atoms with Crippen molar-refractivity contribution < 1.29 is 9.31 Å². The molecule has 0 amide bonds. The van der Waals surface area contributed by atoms with Crippen molar-refractivity contribution in [2.45, 2.75) is 38.9 Å². The molecule has 170 valence electrons. The van der Waals surface area contributed by atoms with Gasteiger partial charge in [0, 0.05) is 17.1 Å². The molecule has 3 nitrogen and oxygen atoms in total. The molecule has 34 heavy (non-hydrogen) atoms. The van der Waals surface area contributed by atoms with Gasteiger partial charge < -0.3 is 14.2 Å². The van der Waals surface area contributed by atoms with Crippen LogP contribution in [0.15, 0.2) is 109 Å². The lowest BCUT2D eigenvalue weighted by Gasteiger charge is -2.32. The van der Waals surface area contributed by atoms with Crippen molar-refractivity contribution in [1.82, 2.24) is 0 Å². The van der Waals surface area contributed by atoms with Crippen LogP contribution < -0.4 is 10.4 Å². The van der Waals surface area contributed by atoms with E-state index in [1.165, 1.54) is 0 Å². The van der Waals surface area contributed by atoms with E-state index in [-0.39, 0.29) is 18.3 Å². The number of rotatable bonds is 5. The molecule has 1 aliphatic heterocycles. The molecule has 4 aromatic carbocycles. The Morgan fingerprint density at radius 3 is 1.56 bits per heavy atom. The second kappa shape index (κ2) is 8.79. The zero-order valence-corrected chi connectivity index (χ0v) is 20.2. The molecule has 1 heterocycles. The molecule has 0 aromatic heterocycles. The van der Waals surface area contributed by atoms with Crippen LogP contribution in [0.1, 0.15) is 27.7 Å². The van der Waals surface area contributed by atoms with E-state index in [4.69, 9.17) is 9.31 Å². The van der Waals surface area contributed by atoms with Gasteiger partial charge in [0.25, 0.3) is 0 Å². The summed E-state index contributed by atoms with van der Waals surface area (Å²) in [5.41, 5.74) is 5.94. The monoisotopic (exact) mass is 447 g/mol. The third-order valence-corrected chi connectivity index (χ3v) is 6.88. The predicted octanol–water partition coefficient (Wildman–Crippen LogP) is 7.12. The third-order valence-electron chi connectivity index (χ3n) is 6.88. The molecule has 0 bridgehead atoms. The molecule has 1 fully saturated rings. The van der Waals surface area contributed by atoms with E-state index in [2.05, 4.69) is 130 Å². The van der Waals surface area contributed by atoms with Crippen molar-refractivity contribution in [3.63, 3.8) is 0 Å². The minimum absolute atomic E-state index is 0.362. The van der Waals surface area contributed by atoms with Gasteiger partial charge in [-0.25, -0.2) is 0 Å². The smallest absolute Gasteiger partial charge is 0.399 e. The Kier molecular flexibility index (Phi) is 5.80. The van der Waals surface area contributed by atoms with Crippen LogP contribution in [-0.2, 0) is 9.31 Å². The van der Waals surface area contributed by atoms with Crippen molar-refractivity contribution in [3.05, 3.63) is 109 Å². The van der Waals surface area contributed by atoms with Crippen LogP contribution in [0.3, 0.4) is 0 Å². The summed E-state index contributed by atoms with van der Waals surface area (Å²) in [7, 11) is -0.377. The van der Waals surface area contributed by atoms with E-state index >= 15 is 0 Å². The summed E-state index contributed by atoms with van der Waals surface area (Å²) in [5, 5.41) is 0. The minimum Gasteiger partial charge on any atom is -0.399 e. The van der Waals surface area contributed by atoms with Gasteiger partial charge in [-0.3, -0.25) is 0 Å². The zero-order valence-electron chi connectivity index (χ0n) is 20.2. The molecule has 1 saturated heterocycles. The summed E-state index contributed by atoms with van der Waals surface area (Å²) in [4.78, 5) is 2.28. The highest BCUT2D eigenvalue weighted by atomic mass is 16.7. The van der Waals surface area contributed by atoms with Crippen LogP contribution in [0, 0.1) is 0 Å². The Labute approximate surface area is 203 Å². The number of benzene rings is 4. The molecule has 4 heteroatoms. The SMILES string of the molecule is CC1(C)OB(c2cccc(-c3cccc(N(c4ccccc4)c4ccccc4)c3)c2)OC1(C)C. The first kappa shape index (κ1) is 22.5. The molecule has 0 atom stereocenters. The number of anilines is 3. The van der Waals surface area contributed by atoms with Crippen molar-refractivity contribution in [2.24, 2.45) is 0 Å². The van der Waals surface area contributed by atoms with Gasteiger partial charge in [0.1, 0.15) is 0 Å². The van der Waals surface area contributed by atoms with Gasteiger partial charge in [-0.05, 0) is 80.7 Å². The maximum Gasteiger partial charge on any atom is 0.494 e. The Hall–Kier alpha value is -3.34. The highest BCUT2D eigenvalue weighted by Gasteiger charge is 2.51. The van der Waals surface area contributed by atoms with Crippen molar-refractivity contribution in [1.29, 1.82) is 0 Å². The van der Waals surface area contributed by atoms with Crippen LogP contribution >= 0.6 is 0 Å². The van der Waals surface area contributed by atoms with E-state index in [0.29, 0.717) is 0 Å². The maximum atomic E-state index is 6.29. The molecule has 1 aliphatic rings. The quantitative estimate of drug-likeness (QED) is 0.304. The van der Waals surface area contributed by atoms with Gasteiger partial charge in [-0.1, -0.05) is 72.8 Å². The molecule has 0 unspecified atom stereocenters. The lowest BCUT2D eigenvalue weighted by molar-refractivity contribution is 0.00578. The molecule has 0 aliphatic carbocycles. The van der Waals surface area contributed by atoms with Crippen molar-refractivity contribution in [2.75, 3.05) is 4.90 Å². The van der Waals surface area contributed by atoms with Gasteiger partial charge in [0.05, 0.1) is 11.2 Å². The Morgan fingerprint density at radius 1 is 0.529 bits per heavy atom. The summed E-state index contributed by atoms with van der Waals surface area (Å²) >= 11 is 0. The second-order valence-electron chi connectivity index (χ2n) is 9.77. The zero-order chi connectivity index (χ0) is 23.8. The molecule has 0 N–H and O–H groups in total. The molecule has 0 saturated carbocycles. The largest absolute Gasteiger partial charge is 0.494 e. The predicted molar refractivity (Wildman–Crippen MR) is 142 cm³/mol. The molecule has 0 radical (unpaired) electrons. The first-order chi connectivity index (χ1) is 16.3. The average molecular weight is 447 g/mol. The van der Waals surface area contributed by atoms with E-state index < -0.39 is 0 Å². The van der Waals surface area contributed by atoms with E-state index in [0.717, 1.165) is 33.7 Å². The van der Waals surface area contributed by atoms with Crippen LogP contribution in [-0.4, -0.2) is 18.3 Å². The lowest BCUT2D eigenvalue weighted by Crippen LogP contribution is -2.41. The topological polar surface area (TPSA) is 21.7 Å². The summed E-state index contributed by atoms with van der Waals surface area (Å²) in [6, 6.07) is 38.1. The molecular weight excluding hydrogens is 417 g/mol. The first-order valence-electron chi connectivity index (χ1n) is 11.8. The van der Waals surface area contributed by atoms with Crippen LogP contribution in [0.5, 0.6) is 0 Å². The van der Waals surface area contributed by atoms with Gasteiger partial charge in [-0.2, -0.15) is 0 Å². The number of nitrogens with zero attached hydrogens (tertiary/aromatic N) is 1. The highest BCUT2D eigenvalue weighted by Crippen LogP contribution is 2.38. The molecule has 0 spiro atoms. The second-order valence-corrected chi connectivity index (χ2v) is 9.77. The standard InChI is InChI=1S/C30H30BNO2/c1-29(2)30(3,4)34-31(33-29)25-15-11-13-23(21-25)24-14-12-20-28(22-24)32(26-16-7-5-8-17-26)27-18-9-6-10-19-27/h5-22H,1-4H3. The molecule has 5 rings (SSSR count). The van der Waals surface area contributed by atoms with Crippen molar-refractivity contribution >= 4 is 29.6 Å². The van der Waals surface area contributed by atoms with E-state index in [1.807, 2.05) is 12.1 Å². The Bertz CT molecular complexity index is 1220.